The van der Waals surface area contributed by atoms with Crippen LogP contribution in [0.15, 0.2) is 101 Å². The fourth-order valence-electron chi connectivity index (χ4n) is 6.51. The van der Waals surface area contributed by atoms with Crippen LogP contribution in [0.1, 0.15) is 88.3 Å². The lowest BCUT2D eigenvalue weighted by Crippen LogP contribution is -2.40. The molecule has 0 bridgehead atoms. The molecule has 1 aliphatic heterocycles. The first-order valence-corrected chi connectivity index (χ1v) is 18.0. The van der Waals surface area contributed by atoms with Gasteiger partial charge >= 0.3 is 11.9 Å². The Morgan fingerprint density at radius 1 is 0.902 bits per heavy atom. The summed E-state index contributed by atoms with van der Waals surface area (Å²) in [5, 5.41) is 0.883. The number of benzene rings is 3. The summed E-state index contributed by atoms with van der Waals surface area (Å²) in [7, 11) is 0. The van der Waals surface area contributed by atoms with Gasteiger partial charge in [-0.3, -0.25) is 0 Å². The first-order chi connectivity index (χ1) is 24.5. The molecule has 5 rings (SSSR count). The van der Waals surface area contributed by atoms with E-state index in [0.717, 1.165) is 41.3 Å². The Labute approximate surface area is 302 Å². The van der Waals surface area contributed by atoms with Crippen molar-refractivity contribution in [1.82, 2.24) is 0 Å². The second kappa shape index (κ2) is 17.4. The highest BCUT2D eigenvalue weighted by Gasteiger charge is 2.45. The van der Waals surface area contributed by atoms with Crippen molar-refractivity contribution in [1.29, 1.82) is 0 Å². The van der Waals surface area contributed by atoms with Gasteiger partial charge in [-0.1, -0.05) is 93.6 Å². The van der Waals surface area contributed by atoms with Crippen molar-refractivity contribution in [2.24, 2.45) is 17.8 Å². The molecule has 2 heterocycles. The molecule has 0 radical (unpaired) electrons. The van der Waals surface area contributed by atoms with Crippen molar-refractivity contribution < 1.29 is 28.2 Å². The average Bonchev–Trinajstić information content (AvgIpc) is 3.64. The zero-order valence-corrected chi connectivity index (χ0v) is 30.8. The predicted octanol–water partition coefficient (Wildman–Crippen LogP) is 10.0. The number of carbonyl (C=O) groups is 2. The van der Waals surface area contributed by atoms with Crippen LogP contribution in [-0.2, 0) is 30.4 Å². The minimum atomic E-state index is -1.12. The van der Waals surface area contributed by atoms with E-state index >= 15 is 0 Å². The summed E-state index contributed by atoms with van der Waals surface area (Å²) in [6, 6.07) is 25.6. The molecule has 6 nitrogen and oxygen atoms in total. The number of hydrogen-bond acceptors (Lipinski definition) is 6. The Balaban J connectivity index is 1.27. The minimum absolute atomic E-state index is 0.0984. The van der Waals surface area contributed by atoms with Crippen molar-refractivity contribution in [2.75, 3.05) is 13.2 Å². The number of allylic oxidation sites excluding steroid dienone is 1. The lowest BCUT2D eigenvalue weighted by Gasteiger charge is -2.26. The van der Waals surface area contributed by atoms with E-state index in [0.29, 0.717) is 53.3 Å². The number of fused-ring (bicyclic) bond motifs is 1. The number of furan rings is 1. The van der Waals surface area contributed by atoms with E-state index in [2.05, 4.69) is 46.5 Å². The minimum Gasteiger partial charge on any atom is -0.458 e. The Hall–Kier alpha value is -4.86. The van der Waals surface area contributed by atoms with Crippen molar-refractivity contribution >= 4 is 29.0 Å². The number of cyclic esters (lactones) is 1. The highest BCUT2D eigenvalue weighted by Crippen LogP contribution is 2.34. The topological polar surface area (TPSA) is 75.0 Å². The molecule has 51 heavy (non-hydrogen) atoms. The zero-order chi connectivity index (χ0) is 36.4. The zero-order valence-electron chi connectivity index (χ0n) is 30.8. The van der Waals surface area contributed by atoms with Gasteiger partial charge in [0.25, 0.3) is 0 Å². The van der Waals surface area contributed by atoms with Crippen LogP contribution in [0.4, 0.5) is 0 Å². The van der Waals surface area contributed by atoms with Gasteiger partial charge in [-0.05, 0) is 98.9 Å². The quantitative estimate of drug-likeness (QED) is 0.0747. The molecule has 0 unspecified atom stereocenters. The highest BCUT2D eigenvalue weighted by molar-refractivity contribution is 5.94. The lowest BCUT2D eigenvalue weighted by molar-refractivity contribution is -0.167. The van der Waals surface area contributed by atoms with E-state index in [-0.39, 0.29) is 19.2 Å². The van der Waals surface area contributed by atoms with Crippen LogP contribution in [0, 0.1) is 36.5 Å². The second-order valence-electron chi connectivity index (χ2n) is 14.7. The smallest absolute Gasteiger partial charge is 0.334 e. The van der Waals surface area contributed by atoms with E-state index in [1.807, 2.05) is 84.9 Å². The summed E-state index contributed by atoms with van der Waals surface area (Å²) in [6.45, 7) is 13.0. The van der Waals surface area contributed by atoms with Crippen LogP contribution in [0.3, 0.4) is 0 Å². The number of aryl methyl sites for hydroxylation is 1. The summed E-state index contributed by atoms with van der Waals surface area (Å²) < 4.78 is 23.9. The molecule has 1 aliphatic rings. The maximum atomic E-state index is 13.3. The number of rotatable bonds is 14. The third-order valence-corrected chi connectivity index (χ3v) is 8.95. The van der Waals surface area contributed by atoms with Gasteiger partial charge in [0.15, 0.2) is 5.60 Å². The lowest BCUT2D eigenvalue weighted by atomic mass is 9.86. The van der Waals surface area contributed by atoms with Gasteiger partial charge in [0.1, 0.15) is 18.0 Å². The molecular formula is C45H50O6. The standard InChI is InChI=1S/C45H50O6/c1-31(2)22-38(23-32(3)4)18-20-39-27-45(51-44(39)47,29-48-28-37-10-8-7-9-11-37)30-49-43(46)34(6)24-41-26-40-25-36(19-21-42(40)50-41)17-16-35-14-12-33(5)13-15-35/h7-15,19-21,24-26,31-32,38H,18,22-23,27-30H2,1-6H3/b34-24+,39-20+/t45-/m1/s1. The Kier molecular flexibility index (Phi) is 12.7. The molecule has 4 aromatic rings. The van der Waals surface area contributed by atoms with Gasteiger partial charge in [-0.2, -0.15) is 0 Å². The fourth-order valence-corrected chi connectivity index (χ4v) is 6.51. The number of ether oxygens (including phenoxy) is 3. The third-order valence-electron chi connectivity index (χ3n) is 8.95. The van der Waals surface area contributed by atoms with Crippen LogP contribution < -0.4 is 0 Å². The molecule has 1 fully saturated rings. The van der Waals surface area contributed by atoms with Crippen LogP contribution in [-0.4, -0.2) is 30.8 Å². The third kappa shape index (κ3) is 11.1. The molecule has 266 valence electrons. The van der Waals surface area contributed by atoms with Crippen molar-refractivity contribution in [3.63, 3.8) is 0 Å². The predicted molar refractivity (Wildman–Crippen MR) is 203 cm³/mol. The summed E-state index contributed by atoms with van der Waals surface area (Å²) in [5.41, 5.74) is 4.57. The molecule has 6 heteroatoms. The maximum absolute atomic E-state index is 13.3. The summed E-state index contributed by atoms with van der Waals surface area (Å²) >= 11 is 0. The molecule has 0 N–H and O–H groups in total. The summed E-state index contributed by atoms with van der Waals surface area (Å²) in [6.07, 6.45) is 7.01. The molecule has 0 saturated carbocycles. The van der Waals surface area contributed by atoms with Gasteiger partial charge in [0, 0.05) is 34.1 Å². The SMILES string of the molecule is C/C(=C\c1cc2cc(C#Cc3ccc(C)cc3)ccc2o1)C(=O)OC[C@]1(COCc2ccccc2)C/C(=C\CC(CC(C)C)CC(C)C)C(=O)O1. The van der Waals surface area contributed by atoms with E-state index in [4.69, 9.17) is 18.6 Å². The number of esters is 2. The van der Waals surface area contributed by atoms with E-state index < -0.39 is 11.6 Å². The highest BCUT2D eigenvalue weighted by atomic mass is 16.6. The molecule has 1 aromatic heterocycles. The van der Waals surface area contributed by atoms with Gasteiger partial charge in [-0.15, -0.1) is 0 Å². The van der Waals surface area contributed by atoms with Crippen molar-refractivity contribution in [3.05, 3.63) is 124 Å². The first kappa shape index (κ1) is 37.4. The summed E-state index contributed by atoms with van der Waals surface area (Å²) in [5.74, 6) is 7.67. The second-order valence-corrected chi connectivity index (χ2v) is 14.7. The van der Waals surface area contributed by atoms with Crippen molar-refractivity contribution in [3.8, 4) is 11.8 Å². The Morgan fingerprint density at radius 2 is 1.59 bits per heavy atom. The Morgan fingerprint density at radius 3 is 2.29 bits per heavy atom. The first-order valence-electron chi connectivity index (χ1n) is 18.0. The van der Waals surface area contributed by atoms with Gasteiger partial charge in [0.2, 0.25) is 0 Å². The molecule has 3 aromatic carbocycles. The monoisotopic (exact) mass is 686 g/mol. The molecule has 1 atom stereocenters. The van der Waals surface area contributed by atoms with E-state index in [1.54, 1.807) is 13.0 Å². The van der Waals surface area contributed by atoms with Crippen molar-refractivity contribution in [2.45, 2.75) is 79.4 Å². The Bertz CT molecular complexity index is 1910. The van der Waals surface area contributed by atoms with Gasteiger partial charge in [0.05, 0.1) is 13.2 Å². The van der Waals surface area contributed by atoms with Crippen LogP contribution in [0.25, 0.3) is 17.0 Å². The largest absolute Gasteiger partial charge is 0.458 e. The molecule has 0 aliphatic carbocycles. The average molecular weight is 687 g/mol. The van der Waals surface area contributed by atoms with Crippen LogP contribution >= 0.6 is 0 Å². The fraction of sp³-hybridized carbons (Fsp3) is 0.378. The summed E-state index contributed by atoms with van der Waals surface area (Å²) in [4.78, 5) is 26.5. The number of carbonyl (C=O) groups excluding carboxylic acids is 2. The van der Waals surface area contributed by atoms with Gasteiger partial charge in [-0.25, -0.2) is 9.59 Å². The van der Waals surface area contributed by atoms with Gasteiger partial charge < -0.3 is 18.6 Å². The molecule has 0 spiro atoms. The van der Waals surface area contributed by atoms with Crippen LogP contribution in [0.2, 0.25) is 0 Å². The molecule has 0 amide bonds. The normalized spacial score (nSPS) is 17.0. The van der Waals surface area contributed by atoms with Crippen LogP contribution in [0.5, 0.6) is 0 Å². The number of hydrogen-bond donors (Lipinski definition) is 0. The maximum Gasteiger partial charge on any atom is 0.334 e. The van der Waals surface area contributed by atoms with E-state index in [9.17, 15) is 9.59 Å². The van der Waals surface area contributed by atoms with E-state index in [1.165, 1.54) is 5.56 Å². The molecular weight excluding hydrogens is 636 g/mol. The molecule has 1 saturated heterocycles.